The van der Waals surface area contributed by atoms with Crippen LogP contribution in [0.5, 0.6) is 0 Å². The number of ether oxygens (including phenoxy) is 1. The molecule has 0 unspecified atom stereocenters. The molecule has 0 radical (unpaired) electrons. The lowest BCUT2D eigenvalue weighted by molar-refractivity contribution is 0.107. The van der Waals surface area contributed by atoms with Gasteiger partial charge in [-0.1, -0.05) is 66.7 Å². The van der Waals surface area contributed by atoms with Crippen LogP contribution in [0.4, 0.5) is 0 Å². The lowest BCUT2D eigenvalue weighted by Gasteiger charge is -2.05. The van der Waals surface area contributed by atoms with Crippen molar-refractivity contribution in [3.05, 3.63) is 77.4 Å². The van der Waals surface area contributed by atoms with E-state index in [1.165, 1.54) is 5.56 Å². The summed E-state index contributed by atoms with van der Waals surface area (Å²) < 4.78 is 5.67. The predicted octanol–water partition coefficient (Wildman–Crippen LogP) is 3.41. The smallest absolute Gasteiger partial charge is 0.0721 e. The molecular weight excluding hydrogens is 236 g/mol. The SMILES string of the molecule is OCC=Cc1ccc(COCc2ccccc2)cc1. The minimum Gasteiger partial charge on any atom is -0.392 e. The van der Waals surface area contributed by atoms with Crippen molar-refractivity contribution in [1.29, 1.82) is 0 Å². The second-order valence-electron chi connectivity index (χ2n) is 4.30. The third kappa shape index (κ3) is 4.70. The van der Waals surface area contributed by atoms with Gasteiger partial charge in [0.15, 0.2) is 0 Å². The summed E-state index contributed by atoms with van der Waals surface area (Å²) in [6.07, 6.45) is 3.62. The summed E-state index contributed by atoms with van der Waals surface area (Å²) >= 11 is 0. The Bertz CT molecular complexity index is 501. The molecular formula is C17H18O2. The molecule has 0 aliphatic rings. The van der Waals surface area contributed by atoms with Crippen LogP contribution in [-0.2, 0) is 18.0 Å². The Hall–Kier alpha value is -1.90. The lowest BCUT2D eigenvalue weighted by Crippen LogP contribution is -1.93. The van der Waals surface area contributed by atoms with E-state index in [0.29, 0.717) is 13.2 Å². The summed E-state index contributed by atoms with van der Waals surface area (Å²) in [5.74, 6) is 0. The summed E-state index contributed by atoms with van der Waals surface area (Å²) in [6, 6.07) is 18.3. The van der Waals surface area contributed by atoms with E-state index < -0.39 is 0 Å². The molecule has 0 saturated heterocycles. The van der Waals surface area contributed by atoms with Crippen molar-refractivity contribution in [1.82, 2.24) is 0 Å². The van der Waals surface area contributed by atoms with Gasteiger partial charge in [-0.2, -0.15) is 0 Å². The molecule has 0 aliphatic carbocycles. The molecule has 2 nitrogen and oxygen atoms in total. The predicted molar refractivity (Wildman–Crippen MR) is 77.5 cm³/mol. The van der Waals surface area contributed by atoms with E-state index in [2.05, 4.69) is 12.1 Å². The highest BCUT2D eigenvalue weighted by atomic mass is 16.5. The summed E-state index contributed by atoms with van der Waals surface area (Å²) in [6.45, 7) is 1.31. The second kappa shape index (κ2) is 7.52. The molecule has 2 aromatic carbocycles. The van der Waals surface area contributed by atoms with E-state index in [1.807, 2.05) is 48.5 Å². The van der Waals surface area contributed by atoms with Gasteiger partial charge in [0.2, 0.25) is 0 Å². The van der Waals surface area contributed by atoms with E-state index in [0.717, 1.165) is 11.1 Å². The molecule has 19 heavy (non-hydrogen) atoms. The quantitative estimate of drug-likeness (QED) is 0.856. The van der Waals surface area contributed by atoms with Gasteiger partial charge in [-0.3, -0.25) is 0 Å². The molecule has 0 bridgehead atoms. The Balaban J connectivity index is 1.81. The van der Waals surface area contributed by atoms with E-state index in [1.54, 1.807) is 6.08 Å². The first kappa shape index (κ1) is 13.5. The van der Waals surface area contributed by atoms with Gasteiger partial charge in [0.1, 0.15) is 0 Å². The van der Waals surface area contributed by atoms with Gasteiger partial charge in [0.25, 0.3) is 0 Å². The van der Waals surface area contributed by atoms with Gasteiger partial charge in [0.05, 0.1) is 19.8 Å². The van der Waals surface area contributed by atoms with Crippen LogP contribution in [0.15, 0.2) is 60.7 Å². The fraction of sp³-hybridized carbons (Fsp3) is 0.176. The molecule has 2 rings (SSSR count). The third-order valence-electron chi connectivity index (χ3n) is 2.78. The van der Waals surface area contributed by atoms with Crippen LogP contribution in [0.1, 0.15) is 16.7 Å². The van der Waals surface area contributed by atoms with E-state index in [4.69, 9.17) is 9.84 Å². The number of aliphatic hydroxyl groups excluding tert-OH is 1. The van der Waals surface area contributed by atoms with E-state index >= 15 is 0 Å². The summed E-state index contributed by atoms with van der Waals surface area (Å²) in [5, 5.41) is 8.70. The Labute approximate surface area is 114 Å². The zero-order chi connectivity index (χ0) is 13.3. The second-order valence-corrected chi connectivity index (χ2v) is 4.30. The van der Waals surface area contributed by atoms with Crippen molar-refractivity contribution < 1.29 is 9.84 Å². The Morgan fingerprint density at radius 2 is 1.47 bits per heavy atom. The molecule has 1 N–H and O–H groups in total. The average Bonchev–Trinajstić information content (AvgIpc) is 2.47. The van der Waals surface area contributed by atoms with Crippen molar-refractivity contribution in [2.45, 2.75) is 13.2 Å². The summed E-state index contributed by atoms with van der Waals surface area (Å²) in [7, 11) is 0. The highest BCUT2D eigenvalue weighted by Crippen LogP contribution is 2.09. The average molecular weight is 254 g/mol. The first-order valence-electron chi connectivity index (χ1n) is 6.36. The van der Waals surface area contributed by atoms with Crippen molar-refractivity contribution in [3.8, 4) is 0 Å². The van der Waals surface area contributed by atoms with Crippen LogP contribution >= 0.6 is 0 Å². The van der Waals surface area contributed by atoms with Crippen molar-refractivity contribution >= 4 is 6.08 Å². The first-order valence-corrected chi connectivity index (χ1v) is 6.36. The van der Waals surface area contributed by atoms with Crippen molar-refractivity contribution in [2.75, 3.05) is 6.61 Å². The zero-order valence-corrected chi connectivity index (χ0v) is 10.8. The van der Waals surface area contributed by atoms with Gasteiger partial charge in [-0.05, 0) is 16.7 Å². The first-order chi connectivity index (χ1) is 9.38. The van der Waals surface area contributed by atoms with E-state index in [9.17, 15) is 0 Å². The maximum absolute atomic E-state index is 8.70. The number of aliphatic hydroxyl groups is 1. The molecule has 0 fully saturated rings. The van der Waals surface area contributed by atoms with Gasteiger partial charge < -0.3 is 9.84 Å². The topological polar surface area (TPSA) is 29.5 Å². The van der Waals surface area contributed by atoms with Gasteiger partial charge in [0, 0.05) is 0 Å². The van der Waals surface area contributed by atoms with Gasteiger partial charge >= 0.3 is 0 Å². The minimum absolute atomic E-state index is 0.0714. The summed E-state index contributed by atoms with van der Waals surface area (Å²) in [5.41, 5.74) is 3.42. The maximum Gasteiger partial charge on any atom is 0.0721 e. The molecule has 98 valence electrons. The van der Waals surface area contributed by atoms with Gasteiger partial charge in [-0.25, -0.2) is 0 Å². The highest BCUT2D eigenvalue weighted by Gasteiger charge is 1.95. The molecule has 0 aliphatic heterocycles. The number of benzene rings is 2. The van der Waals surface area contributed by atoms with Crippen LogP contribution in [0.3, 0.4) is 0 Å². The van der Waals surface area contributed by atoms with Gasteiger partial charge in [-0.15, -0.1) is 0 Å². The Kier molecular flexibility index (Phi) is 5.35. The molecule has 0 heterocycles. The Morgan fingerprint density at radius 3 is 2.11 bits per heavy atom. The monoisotopic (exact) mass is 254 g/mol. The number of hydrogen-bond acceptors (Lipinski definition) is 2. The highest BCUT2D eigenvalue weighted by molar-refractivity contribution is 5.49. The van der Waals surface area contributed by atoms with Crippen LogP contribution in [0, 0.1) is 0 Å². The normalized spacial score (nSPS) is 11.0. The van der Waals surface area contributed by atoms with Crippen LogP contribution in [0.25, 0.3) is 6.08 Å². The lowest BCUT2D eigenvalue weighted by atomic mass is 10.1. The molecule has 2 heteroatoms. The fourth-order valence-electron chi connectivity index (χ4n) is 1.77. The zero-order valence-electron chi connectivity index (χ0n) is 10.8. The molecule has 0 aromatic heterocycles. The number of hydrogen-bond donors (Lipinski definition) is 1. The van der Waals surface area contributed by atoms with Crippen molar-refractivity contribution in [2.24, 2.45) is 0 Å². The van der Waals surface area contributed by atoms with Crippen LogP contribution in [-0.4, -0.2) is 11.7 Å². The molecule has 0 spiro atoms. The largest absolute Gasteiger partial charge is 0.392 e. The molecule has 0 atom stereocenters. The van der Waals surface area contributed by atoms with E-state index in [-0.39, 0.29) is 6.61 Å². The van der Waals surface area contributed by atoms with Crippen LogP contribution < -0.4 is 0 Å². The molecule has 0 amide bonds. The number of rotatable bonds is 6. The minimum atomic E-state index is 0.0714. The summed E-state index contributed by atoms with van der Waals surface area (Å²) in [4.78, 5) is 0. The van der Waals surface area contributed by atoms with Crippen molar-refractivity contribution in [3.63, 3.8) is 0 Å². The standard InChI is InChI=1S/C17H18O2/c18-12-4-7-15-8-10-17(11-9-15)14-19-13-16-5-2-1-3-6-16/h1-11,18H,12-14H2. The Morgan fingerprint density at radius 1 is 0.842 bits per heavy atom. The third-order valence-corrected chi connectivity index (χ3v) is 2.78. The maximum atomic E-state index is 8.70. The van der Waals surface area contributed by atoms with Crippen LogP contribution in [0.2, 0.25) is 0 Å². The molecule has 2 aromatic rings. The molecule has 0 saturated carbocycles. The fourth-order valence-corrected chi connectivity index (χ4v) is 1.77.